The van der Waals surface area contributed by atoms with Crippen molar-refractivity contribution in [1.29, 1.82) is 0 Å². The molecule has 4 heteroatoms. The van der Waals surface area contributed by atoms with Gasteiger partial charge >= 0.3 is 5.97 Å². The molecule has 0 aliphatic heterocycles. The number of hydrogen-bond donors (Lipinski definition) is 0. The first-order valence-corrected chi connectivity index (χ1v) is 5.38. The Morgan fingerprint density at radius 1 is 1.64 bits per heavy atom. The molecule has 0 heterocycles. The molecule has 0 amide bonds. The number of rotatable bonds is 3. The van der Waals surface area contributed by atoms with E-state index in [1.165, 1.54) is 7.11 Å². The molecular formula is C10H13BrO3. The topological polar surface area (TPSA) is 35.5 Å². The summed E-state index contributed by atoms with van der Waals surface area (Å²) in [5.41, 5.74) is 0.262. The van der Waals surface area contributed by atoms with Gasteiger partial charge in [0.1, 0.15) is 0 Å². The van der Waals surface area contributed by atoms with E-state index >= 15 is 0 Å². The first kappa shape index (κ1) is 11.5. The van der Waals surface area contributed by atoms with E-state index in [9.17, 15) is 4.79 Å². The molecule has 0 saturated carbocycles. The van der Waals surface area contributed by atoms with Gasteiger partial charge in [-0.3, -0.25) is 0 Å². The van der Waals surface area contributed by atoms with E-state index in [2.05, 4.69) is 20.7 Å². The first-order valence-electron chi connectivity index (χ1n) is 4.26. The Bertz CT molecular complexity index is 277. The van der Waals surface area contributed by atoms with Crippen molar-refractivity contribution in [3.8, 4) is 0 Å². The van der Waals surface area contributed by atoms with E-state index in [0.717, 1.165) is 0 Å². The van der Waals surface area contributed by atoms with Gasteiger partial charge in [0.25, 0.3) is 0 Å². The Balaban J connectivity index is 2.74. The second kappa shape index (κ2) is 4.75. The van der Waals surface area contributed by atoms with Crippen LogP contribution >= 0.6 is 15.9 Å². The fourth-order valence-electron chi connectivity index (χ4n) is 1.23. The highest BCUT2D eigenvalue weighted by molar-refractivity contribution is 9.09. The van der Waals surface area contributed by atoms with Crippen LogP contribution in [-0.2, 0) is 14.3 Å². The standard InChI is InChI=1S/C10H13BrO3/c1-13-9(12)8-3-5-10(7-11,14-2)6-4-8/h3-5H,6-7H2,1-2H3. The van der Waals surface area contributed by atoms with Crippen molar-refractivity contribution >= 4 is 21.9 Å². The highest BCUT2D eigenvalue weighted by Crippen LogP contribution is 2.26. The normalized spacial score (nSPS) is 25.8. The highest BCUT2D eigenvalue weighted by Gasteiger charge is 2.27. The van der Waals surface area contributed by atoms with Gasteiger partial charge in [0.15, 0.2) is 0 Å². The lowest BCUT2D eigenvalue weighted by atomic mass is 9.94. The number of carbonyl (C=O) groups excluding carboxylic acids is 1. The van der Waals surface area contributed by atoms with E-state index in [4.69, 9.17) is 4.74 Å². The van der Waals surface area contributed by atoms with Gasteiger partial charge in [-0.25, -0.2) is 4.79 Å². The highest BCUT2D eigenvalue weighted by atomic mass is 79.9. The van der Waals surface area contributed by atoms with Crippen LogP contribution in [0.15, 0.2) is 23.8 Å². The van der Waals surface area contributed by atoms with Gasteiger partial charge in [0, 0.05) is 12.4 Å². The average Bonchev–Trinajstić information content (AvgIpc) is 2.28. The molecular weight excluding hydrogens is 248 g/mol. The van der Waals surface area contributed by atoms with Gasteiger partial charge < -0.3 is 9.47 Å². The minimum atomic E-state index is -0.322. The van der Waals surface area contributed by atoms with Crippen LogP contribution < -0.4 is 0 Å². The zero-order valence-corrected chi connectivity index (χ0v) is 9.83. The predicted molar refractivity (Wildman–Crippen MR) is 57.4 cm³/mol. The third kappa shape index (κ3) is 2.25. The van der Waals surface area contributed by atoms with Crippen molar-refractivity contribution in [1.82, 2.24) is 0 Å². The summed E-state index contributed by atoms with van der Waals surface area (Å²) in [6, 6.07) is 0. The van der Waals surface area contributed by atoms with Crippen molar-refractivity contribution in [3.05, 3.63) is 23.8 Å². The van der Waals surface area contributed by atoms with Gasteiger partial charge in [-0.15, -0.1) is 0 Å². The monoisotopic (exact) mass is 260 g/mol. The summed E-state index contributed by atoms with van der Waals surface area (Å²) in [5, 5.41) is 0.706. The number of esters is 1. The molecule has 0 radical (unpaired) electrons. The molecule has 1 aliphatic carbocycles. The Labute approximate surface area is 91.9 Å². The van der Waals surface area contributed by atoms with E-state index in [1.807, 2.05) is 12.2 Å². The molecule has 0 aromatic rings. The maximum atomic E-state index is 11.2. The van der Waals surface area contributed by atoms with Crippen LogP contribution in [0.5, 0.6) is 0 Å². The summed E-state index contributed by atoms with van der Waals surface area (Å²) in [6.07, 6.45) is 6.13. The number of hydrogen-bond acceptors (Lipinski definition) is 3. The lowest BCUT2D eigenvalue weighted by Gasteiger charge is -2.28. The molecule has 0 N–H and O–H groups in total. The summed E-state index contributed by atoms with van der Waals surface area (Å²) < 4.78 is 9.97. The summed E-state index contributed by atoms with van der Waals surface area (Å²) >= 11 is 3.38. The molecule has 1 atom stereocenters. The minimum Gasteiger partial charge on any atom is -0.465 e. The summed E-state index contributed by atoms with van der Waals surface area (Å²) in [4.78, 5) is 11.2. The Morgan fingerprint density at radius 3 is 2.71 bits per heavy atom. The van der Waals surface area contributed by atoms with Crippen LogP contribution in [0.25, 0.3) is 0 Å². The Hall–Kier alpha value is -0.610. The molecule has 0 spiro atoms. The van der Waals surface area contributed by atoms with Crippen LogP contribution in [-0.4, -0.2) is 31.1 Å². The smallest absolute Gasteiger partial charge is 0.337 e. The van der Waals surface area contributed by atoms with Gasteiger partial charge in [-0.2, -0.15) is 0 Å². The summed E-state index contributed by atoms with van der Waals surface area (Å²) in [7, 11) is 3.03. The minimum absolute atomic E-state index is 0.305. The Morgan fingerprint density at radius 2 is 2.36 bits per heavy atom. The van der Waals surface area contributed by atoms with Crippen molar-refractivity contribution in [2.24, 2.45) is 0 Å². The zero-order chi connectivity index (χ0) is 10.6. The van der Waals surface area contributed by atoms with E-state index in [0.29, 0.717) is 17.3 Å². The molecule has 14 heavy (non-hydrogen) atoms. The fraction of sp³-hybridized carbons (Fsp3) is 0.500. The predicted octanol–water partition coefficient (Wildman–Crippen LogP) is 1.83. The first-order chi connectivity index (χ1) is 6.67. The van der Waals surface area contributed by atoms with Crippen LogP contribution in [0.3, 0.4) is 0 Å². The molecule has 1 unspecified atom stereocenters. The quantitative estimate of drug-likeness (QED) is 0.574. The van der Waals surface area contributed by atoms with Crippen molar-refractivity contribution in [2.75, 3.05) is 19.5 Å². The van der Waals surface area contributed by atoms with Crippen molar-refractivity contribution in [3.63, 3.8) is 0 Å². The summed E-state index contributed by atoms with van der Waals surface area (Å²) in [6.45, 7) is 0. The lowest BCUT2D eigenvalue weighted by Crippen LogP contribution is -2.32. The Kier molecular flexibility index (Phi) is 3.89. The third-order valence-electron chi connectivity index (χ3n) is 2.29. The van der Waals surface area contributed by atoms with Crippen molar-refractivity contribution < 1.29 is 14.3 Å². The maximum Gasteiger partial charge on any atom is 0.337 e. The zero-order valence-electron chi connectivity index (χ0n) is 8.25. The summed E-state index contributed by atoms with van der Waals surface area (Å²) in [5.74, 6) is -0.305. The lowest BCUT2D eigenvalue weighted by molar-refractivity contribution is -0.135. The second-order valence-electron chi connectivity index (χ2n) is 3.09. The van der Waals surface area contributed by atoms with Crippen molar-refractivity contribution in [2.45, 2.75) is 12.0 Å². The third-order valence-corrected chi connectivity index (χ3v) is 3.24. The van der Waals surface area contributed by atoms with Gasteiger partial charge in [-0.05, 0) is 12.5 Å². The molecule has 0 aromatic heterocycles. The molecule has 0 fully saturated rings. The van der Waals surface area contributed by atoms with Crippen LogP contribution in [0.4, 0.5) is 0 Å². The number of halogens is 1. The maximum absolute atomic E-state index is 11.2. The van der Waals surface area contributed by atoms with Gasteiger partial charge in [0.2, 0.25) is 0 Å². The molecule has 1 rings (SSSR count). The van der Waals surface area contributed by atoms with Crippen LogP contribution in [0, 0.1) is 0 Å². The SMILES string of the molecule is COC(=O)C1=CCC(CBr)(OC)C=C1. The number of alkyl halides is 1. The van der Waals surface area contributed by atoms with Crippen LogP contribution in [0.1, 0.15) is 6.42 Å². The molecule has 1 aliphatic rings. The molecule has 0 bridgehead atoms. The largest absolute Gasteiger partial charge is 0.465 e. The molecule has 78 valence electrons. The number of methoxy groups -OCH3 is 2. The van der Waals surface area contributed by atoms with Crippen LogP contribution in [0.2, 0.25) is 0 Å². The fourth-order valence-corrected chi connectivity index (χ4v) is 1.88. The molecule has 0 aromatic carbocycles. The van der Waals surface area contributed by atoms with E-state index in [1.54, 1.807) is 13.2 Å². The molecule has 3 nitrogen and oxygen atoms in total. The second-order valence-corrected chi connectivity index (χ2v) is 3.65. The van der Waals surface area contributed by atoms with Gasteiger partial charge in [0.05, 0.1) is 18.3 Å². The number of carbonyl (C=O) groups is 1. The number of ether oxygens (including phenoxy) is 2. The molecule has 0 saturated heterocycles. The van der Waals surface area contributed by atoms with E-state index < -0.39 is 0 Å². The van der Waals surface area contributed by atoms with Gasteiger partial charge in [-0.1, -0.05) is 28.1 Å². The average molecular weight is 261 g/mol. The van der Waals surface area contributed by atoms with E-state index in [-0.39, 0.29) is 11.6 Å².